The van der Waals surface area contributed by atoms with Gasteiger partial charge in [0.25, 0.3) is 5.91 Å². The van der Waals surface area contributed by atoms with Gasteiger partial charge in [-0.1, -0.05) is 11.6 Å². The van der Waals surface area contributed by atoms with Crippen molar-refractivity contribution in [2.24, 2.45) is 0 Å². The second-order valence-electron chi connectivity index (χ2n) is 7.35. The topological polar surface area (TPSA) is 103 Å². The molecule has 0 aliphatic carbocycles. The predicted octanol–water partition coefficient (Wildman–Crippen LogP) is 3.35. The number of halogens is 1. The fourth-order valence-electron chi connectivity index (χ4n) is 3.49. The molecule has 4 heterocycles. The quantitative estimate of drug-likeness (QED) is 0.665. The third-order valence-electron chi connectivity index (χ3n) is 5.12. The maximum absolute atomic E-state index is 13.3. The number of methoxy groups -OCH3 is 1. The van der Waals surface area contributed by atoms with Crippen LogP contribution in [0.25, 0.3) is 10.9 Å². The molecule has 30 heavy (non-hydrogen) atoms. The minimum Gasteiger partial charge on any atom is -0.480 e. The lowest BCUT2D eigenvalue weighted by Crippen LogP contribution is -2.37. The molecule has 1 aliphatic heterocycles. The van der Waals surface area contributed by atoms with Crippen molar-refractivity contribution in [2.75, 3.05) is 12.8 Å². The minimum atomic E-state index is -0.202. The number of nitrogen functional groups attached to an aromatic ring is 1. The molecule has 0 aromatic carbocycles. The van der Waals surface area contributed by atoms with Crippen LogP contribution >= 0.6 is 11.6 Å². The van der Waals surface area contributed by atoms with Gasteiger partial charge in [-0.05, 0) is 37.6 Å². The summed E-state index contributed by atoms with van der Waals surface area (Å²) in [6, 6.07) is 5.18. The Labute approximate surface area is 179 Å². The average Bonchev–Trinajstić information content (AvgIpc) is 3.23. The number of fused-ring (bicyclic) bond motifs is 3. The fourth-order valence-corrected chi connectivity index (χ4v) is 3.68. The fraction of sp³-hybridized carbons (Fsp3) is 0.333. The molecule has 0 saturated heterocycles. The zero-order chi connectivity index (χ0) is 21.4. The van der Waals surface area contributed by atoms with Gasteiger partial charge < -0.3 is 20.1 Å². The molecular weight excluding hydrogens is 406 g/mol. The zero-order valence-corrected chi connectivity index (χ0v) is 17.7. The summed E-state index contributed by atoms with van der Waals surface area (Å²) in [7, 11) is 1.51. The molecule has 0 radical (unpaired) electrons. The third-order valence-corrected chi connectivity index (χ3v) is 5.40. The molecule has 0 fully saturated rings. The van der Waals surface area contributed by atoms with Crippen molar-refractivity contribution in [1.29, 1.82) is 0 Å². The summed E-state index contributed by atoms with van der Waals surface area (Å²) in [4.78, 5) is 28.2. The Morgan fingerprint density at radius 1 is 1.30 bits per heavy atom. The predicted molar refractivity (Wildman–Crippen MR) is 113 cm³/mol. The molecule has 0 bridgehead atoms. The van der Waals surface area contributed by atoms with Crippen LogP contribution in [0.3, 0.4) is 0 Å². The van der Waals surface area contributed by atoms with E-state index >= 15 is 0 Å². The number of ether oxygens (including phenoxy) is 2. The maximum atomic E-state index is 13.3. The van der Waals surface area contributed by atoms with Crippen molar-refractivity contribution in [3.63, 3.8) is 0 Å². The number of anilines is 1. The molecule has 0 spiro atoms. The summed E-state index contributed by atoms with van der Waals surface area (Å²) in [5.74, 6) is 0.572. The Balaban J connectivity index is 1.69. The number of nitrogens with zero attached hydrogens (tertiary/aromatic N) is 4. The summed E-state index contributed by atoms with van der Waals surface area (Å²) in [5.41, 5.74) is 9.52. The van der Waals surface area contributed by atoms with Crippen molar-refractivity contribution < 1.29 is 14.3 Å². The lowest BCUT2D eigenvalue weighted by Gasteiger charge is -2.26. The van der Waals surface area contributed by atoms with Gasteiger partial charge in [-0.2, -0.15) is 0 Å². The van der Waals surface area contributed by atoms with E-state index in [-0.39, 0.29) is 11.9 Å². The normalized spacial score (nSPS) is 13.0. The molecule has 1 amide bonds. The number of carbonyl (C=O) groups is 1. The molecule has 0 unspecified atom stereocenters. The molecule has 4 rings (SSSR count). The van der Waals surface area contributed by atoms with Crippen molar-refractivity contribution >= 4 is 34.2 Å². The van der Waals surface area contributed by atoms with E-state index in [9.17, 15) is 4.79 Å². The highest BCUT2D eigenvalue weighted by molar-refractivity contribution is 6.31. The van der Waals surface area contributed by atoms with Crippen molar-refractivity contribution in [3.8, 4) is 5.88 Å². The van der Waals surface area contributed by atoms with E-state index < -0.39 is 0 Å². The third kappa shape index (κ3) is 3.64. The second-order valence-corrected chi connectivity index (χ2v) is 7.76. The van der Waals surface area contributed by atoms with Crippen LogP contribution in [0.5, 0.6) is 5.88 Å². The van der Waals surface area contributed by atoms with Crippen LogP contribution in [0.2, 0.25) is 5.02 Å². The Morgan fingerprint density at radius 3 is 2.80 bits per heavy atom. The van der Waals surface area contributed by atoms with Crippen LogP contribution in [0.1, 0.15) is 41.2 Å². The first-order chi connectivity index (χ1) is 14.4. The zero-order valence-electron chi connectivity index (χ0n) is 17.0. The smallest absolute Gasteiger partial charge is 0.273 e. The van der Waals surface area contributed by atoms with Crippen molar-refractivity contribution in [2.45, 2.75) is 39.6 Å². The van der Waals surface area contributed by atoms with Crippen LogP contribution in [-0.2, 0) is 24.5 Å². The molecule has 2 N–H and O–H groups in total. The Hall–Kier alpha value is -2.97. The molecule has 9 heteroatoms. The van der Waals surface area contributed by atoms with E-state index in [1.807, 2.05) is 13.8 Å². The molecule has 0 saturated carbocycles. The highest BCUT2D eigenvalue weighted by atomic mass is 35.5. The largest absolute Gasteiger partial charge is 0.480 e. The summed E-state index contributed by atoms with van der Waals surface area (Å²) in [6.45, 7) is 5.06. The monoisotopic (exact) mass is 427 g/mol. The van der Waals surface area contributed by atoms with Crippen LogP contribution in [0.15, 0.2) is 24.4 Å². The van der Waals surface area contributed by atoms with Gasteiger partial charge >= 0.3 is 0 Å². The molecule has 156 valence electrons. The van der Waals surface area contributed by atoms with Gasteiger partial charge in [-0.3, -0.25) is 4.79 Å². The number of rotatable bonds is 5. The summed E-state index contributed by atoms with van der Waals surface area (Å²) in [5, 5.41) is 1.26. The number of nitrogens with two attached hydrogens (primary N) is 1. The van der Waals surface area contributed by atoms with E-state index in [4.69, 9.17) is 26.8 Å². The first-order valence-corrected chi connectivity index (χ1v) is 9.92. The minimum absolute atomic E-state index is 0.0722. The molecule has 0 atom stereocenters. The van der Waals surface area contributed by atoms with E-state index in [0.29, 0.717) is 53.4 Å². The molecule has 3 aromatic rings. The number of aromatic nitrogens is 3. The van der Waals surface area contributed by atoms with E-state index in [2.05, 4.69) is 15.0 Å². The summed E-state index contributed by atoms with van der Waals surface area (Å²) in [6.07, 6.45) is 1.58. The lowest BCUT2D eigenvalue weighted by molar-refractivity contribution is 0.0681. The molecule has 3 aromatic heterocycles. The average molecular weight is 428 g/mol. The Kier molecular flexibility index (Phi) is 5.44. The highest BCUT2D eigenvalue weighted by Crippen LogP contribution is 2.31. The Bertz CT molecular complexity index is 1140. The summed E-state index contributed by atoms with van der Waals surface area (Å²) < 4.78 is 10.7. The second kappa shape index (κ2) is 8.04. The number of pyridine rings is 3. The lowest BCUT2D eigenvalue weighted by atomic mass is 10.1. The van der Waals surface area contributed by atoms with Gasteiger partial charge in [0.2, 0.25) is 5.88 Å². The van der Waals surface area contributed by atoms with E-state index in [0.717, 1.165) is 16.5 Å². The molecular formula is C21H22ClN5O3. The SMILES string of the molecule is COc1nc(CN(C(=O)c2cc3c4c(c(N)nc3cn2)COC4)C(C)C)ccc1Cl. The van der Waals surface area contributed by atoms with Crippen LogP contribution in [0.4, 0.5) is 5.82 Å². The van der Waals surface area contributed by atoms with E-state index in [1.54, 1.807) is 29.3 Å². The first kappa shape index (κ1) is 20.3. The number of hydrogen-bond acceptors (Lipinski definition) is 7. The standard InChI is InChI=1S/C21H22ClN5O3/c1-11(2)27(8-12-4-5-16(22)20(25-12)29-3)21(28)17-6-13-14-9-30-10-15(14)19(23)26-18(13)7-24-17/h4-7,11H,8-10H2,1-3H3,(H2,23,26). The molecule has 1 aliphatic rings. The van der Waals surface area contributed by atoms with Gasteiger partial charge in [0, 0.05) is 17.0 Å². The maximum Gasteiger partial charge on any atom is 0.273 e. The van der Waals surface area contributed by atoms with Gasteiger partial charge in [-0.15, -0.1) is 0 Å². The van der Waals surface area contributed by atoms with Crippen molar-refractivity contribution in [1.82, 2.24) is 19.9 Å². The van der Waals surface area contributed by atoms with Crippen LogP contribution < -0.4 is 10.5 Å². The highest BCUT2D eigenvalue weighted by Gasteiger charge is 2.24. The van der Waals surface area contributed by atoms with Crippen LogP contribution in [0, 0.1) is 0 Å². The van der Waals surface area contributed by atoms with Crippen molar-refractivity contribution in [3.05, 3.63) is 51.9 Å². The number of hydrogen-bond donors (Lipinski definition) is 1. The van der Waals surface area contributed by atoms with Gasteiger partial charge in [0.15, 0.2) is 0 Å². The first-order valence-electron chi connectivity index (χ1n) is 9.54. The van der Waals surface area contributed by atoms with Gasteiger partial charge in [-0.25, -0.2) is 15.0 Å². The molecule has 8 nitrogen and oxygen atoms in total. The van der Waals surface area contributed by atoms with Crippen LogP contribution in [-0.4, -0.2) is 38.9 Å². The number of amides is 1. The van der Waals surface area contributed by atoms with Gasteiger partial charge in [0.1, 0.15) is 16.5 Å². The van der Waals surface area contributed by atoms with E-state index in [1.165, 1.54) is 7.11 Å². The van der Waals surface area contributed by atoms with Gasteiger partial charge in [0.05, 0.1) is 44.3 Å². The number of carbonyl (C=O) groups excluding carboxylic acids is 1. The summed E-state index contributed by atoms with van der Waals surface area (Å²) >= 11 is 6.06. The Morgan fingerprint density at radius 2 is 2.07 bits per heavy atom.